The van der Waals surface area contributed by atoms with Crippen molar-refractivity contribution < 1.29 is 24.0 Å². The molecule has 0 aliphatic carbocycles. The third-order valence-electron chi connectivity index (χ3n) is 6.43. The molecule has 3 aromatic rings. The fraction of sp³-hybridized carbons (Fsp3) is 0.310. The molecule has 0 unspecified atom stereocenters. The van der Waals surface area contributed by atoms with Gasteiger partial charge >= 0.3 is 17.5 Å². The van der Waals surface area contributed by atoms with E-state index in [0.717, 1.165) is 5.56 Å². The number of nitrogens with zero attached hydrogens (tertiary/aromatic N) is 2. The second-order valence-electron chi connectivity index (χ2n) is 10.2. The van der Waals surface area contributed by atoms with Crippen molar-refractivity contribution in [3.05, 3.63) is 106 Å². The highest BCUT2D eigenvalue weighted by Gasteiger charge is 2.63. The van der Waals surface area contributed by atoms with Crippen LogP contribution in [0.15, 0.2) is 78.9 Å². The normalized spacial score (nSPS) is 17.8. The zero-order valence-electron chi connectivity index (χ0n) is 21.8. The highest BCUT2D eigenvalue weighted by molar-refractivity contribution is 6.03. The molecular formula is C29H31N3O6. The first-order valence-corrected chi connectivity index (χ1v) is 12.3. The molecule has 198 valence electrons. The molecule has 2 amide bonds. The van der Waals surface area contributed by atoms with E-state index in [1.54, 1.807) is 69.3 Å². The molecule has 0 aromatic heterocycles. The fourth-order valence-corrected chi connectivity index (χ4v) is 4.75. The number of anilines is 1. The van der Waals surface area contributed by atoms with Gasteiger partial charge < -0.3 is 19.7 Å². The van der Waals surface area contributed by atoms with Crippen molar-refractivity contribution in [3.8, 4) is 5.75 Å². The van der Waals surface area contributed by atoms with Crippen LogP contribution in [0, 0.1) is 10.1 Å². The van der Waals surface area contributed by atoms with E-state index in [-0.39, 0.29) is 13.0 Å². The molecule has 1 aliphatic heterocycles. The van der Waals surface area contributed by atoms with Crippen LogP contribution in [0.25, 0.3) is 0 Å². The first-order valence-electron chi connectivity index (χ1n) is 12.3. The number of nitro groups is 1. The van der Waals surface area contributed by atoms with Crippen LogP contribution in [0.4, 0.5) is 10.5 Å². The number of benzene rings is 3. The van der Waals surface area contributed by atoms with E-state index < -0.39 is 34.1 Å². The van der Waals surface area contributed by atoms with Crippen LogP contribution in [0.5, 0.6) is 5.75 Å². The van der Waals surface area contributed by atoms with Crippen molar-refractivity contribution in [2.75, 3.05) is 12.0 Å². The van der Waals surface area contributed by atoms with Gasteiger partial charge in [-0.25, -0.2) is 4.79 Å². The summed E-state index contributed by atoms with van der Waals surface area (Å²) >= 11 is 0. The standard InChI is InChI=1S/C29H31N3O6/c1-28(2,3)38-27(34)30-25(21-14-10-15-23(17-21)37-4)29(32(35)36)18-22-13-8-9-16-24(22)31(26(29)33)19-20-11-6-5-7-12-20/h5-17,25H,18-19H2,1-4H3,(H,30,34)/t25-,29-/m0/s1. The molecule has 0 fully saturated rings. The molecule has 0 bridgehead atoms. The van der Waals surface area contributed by atoms with Gasteiger partial charge in [0.05, 0.1) is 20.1 Å². The molecule has 0 spiro atoms. The van der Waals surface area contributed by atoms with Gasteiger partial charge in [0.25, 0.3) is 0 Å². The minimum Gasteiger partial charge on any atom is -0.497 e. The van der Waals surface area contributed by atoms with Gasteiger partial charge in [-0.15, -0.1) is 0 Å². The number of ether oxygens (including phenoxy) is 2. The Balaban J connectivity index is 1.89. The summed E-state index contributed by atoms with van der Waals surface area (Å²) in [5.74, 6) is -0.296. The van der Waals surface area contributed by atoms with E-state index >= 15 is 0 Å². The van der Waals surface area contributed by atoms with E-state index in [2.05, 4.69) is 5.32 Å². The number of amides is 2. The lowest BCUT2D eigenvalue weighted by Gasteiger charge is -2.41. The molecule has 4 rings (SSSR count). The number of alkyl carbamates (subject to hydrolysis) is 1. The lowest BCUT2D eigenvalue weighted by Crippen LogP contribution is -2.64. The Bertz CT molecular complexity index is 1340. The Morgan fingerprint density at radius 1 is 1.08 bits per heavy atom. The lowest BCUT2D eigenvalue weighted by atomic mass is 9.76. The predicted octanol–water partition coefficient (Wildman–Crippen LogP) is 5.07. The molecule has 0 radical (unpaired) electrons. The van der Waals surface area contributed by atoms with Gasteiger partial charge in [0.15, 0.2) is 0 Å². The number of hydrogen-bond acceptors (Lipinski definition) is 6. The van der Waals surface area contributed by atoms with Crippen LogP contribution in [0.3, 0.4) is 0 Å². The first kappa shape index (κ1) is 26.7. The monoisotopic (exact) mass is 517 g/mol. The second kappa shape index (κ2) is 10.5. The van der Waals surface area contributed by atoms with Crippen molar-refractivity contribution in [1.82, 2.24) is 5.32 Å². The minimum atomic E-state index is -2.26. The maximum Gasteiger partial charge on any atom is 0.408 e. The van der Waals surface area contributed by atoms with Crippen molar-refractivity contribution in [2.45, 2.75) is 50.9 Å². The topological polar surface area (TPSA) is 111 Å². The molecular weight excluding hydrogens is 486 g/mol. The van der Waals surface area contributed by atoms with Crippen molar-refractivity contribution in [1.29, 1.82) is 0 Å². The number of carbonyl (C=O) groups excluding carboxylic acids is 2. The van der Waals surface area contributed by atoms with Gasteiger partial charge in [0.2, 0.25) is 0 Å². The number of rotatable bonds is 7. The summed E-state index contributed by atoms with van der Waals surface area (Å²) in [5, 5.41) is 15.7. The summed E-state index contributed by atoms with van der Waals surface area (Å²) in [5.41, 5.74) is -0.731. The van der Waals surface area contributed by atoms with E-state index in [1.165, 1.54) is 12.0 Å². The second-order valence-corrected chi connectivity index (χ2v) is 10.2. The number of para-hydroxylation sites is 1. The van der Waals surface area contributed by atoms with Gasteiger partial charge in [-0.2, -0.15) is 0 Å². The zero-order chi connectivity index (χ0) is 27.5. The maximum atomic E-state index is 14.4. The SMILES string of the molecule is COc1cccc([C@H](NC(=O)OC(C)(C)C)[C@@]2([N+](=O)[O-])Cc3ccccc3N(Cc3ccccc3)C2=O)c1. The average molecular weight is 518 g/mol. The molecule has 0 saturated heterocycles. The number of nitrogens with one attached hydrogen (secondary N) is 1. The Labute approximate surface area is 221 Å². The molecule has 3 aromatic carbocycles. The molecule has 38 heavy (non-hydrogen) atoms. The summed E-state index contributed by atoms with van der Waals surface area (Å²) < 4.78 is 10.8. The van der Waals surface area contributed by atoms with Gasteiger partial charge in [-0.05, 0) is 55.7 Å². The largest absolute Gasteiger partial charge is 0.497 e. The Morgan fingerprint density at radius 2 is 1.76 bits per heavy atom. The van der Waals surface area contributed by atoms with Gasteiger partial charge in [0, 0.05) is 10.6 Å². The van der Waals surface area contributed by atoms with Crippen LogP contribution in [0.2, 0.25) is 0 Å². The smallest absolute Gasteiger partial charge is 0.408 e. The summed E-state index contributed by atoms with van der Waals surface area (Å²) in [6.45, 7) is 5.21. The van der Waals surface area contributed by atoms with E-state index in [1.807, 2.05) is 30.3 Å². The van der Waals surface area contributed by atoms with Crippen molar-refractivity contribution >= 4 is 17.7 Å². The highest BCUT2D eigenvalue weighted by Crippen LogP contribution is 2.42. The fourth-order valence-electron chi connectivity index (χ4n) is 4.75. The molecule has 2 atom stereocenters. The maximum absolute atomic E-state index is 14.4. The zero-order valence-corrected chi connectivity index (χ0v) is 21.8. The van der Waals surface area contributed by atoms with Gasteiger partial charge in [0.1, 0.15) is 17.4 Å². The summed E-state index contributed by atoms with van der Waals surface area (Å²) in [7, 11) is 1.47. The van der Waals surface area contributed by atoms with Gasteiger partial charge in [-0.3, -0.25) is 14.9 Å². The Kier molecular flexibility index (Phi) is 7.39. The number of fused-ring (bicyclic) bond motifs is 1. The quantitative estimate of drug-likeness (QED) is 0.346. The third-order valence-corrected chi connectivity index (χ3v) is 6.43. The molecule has 9 nitrogen and oxygen atoms in total. The summed E-state index contributed by atoms with van der Waals surface area (Å²) in [6.07, 6.45) is -1.09. The lowest BCUT2D eigenvalue weighted by molar-refractivity contribution is -0.558. The van der Waals surface area contributed by atoms with Crippen LogP contribution < -0.4 is 15.0 Å². The molecule has 0 saturated carbocycles. The van der Waals surface area contributed by atoms with Crippen LogP contribution in [0.1, 0.15) is 43.5 Å². The van der Waals surface area contributed by atoms with Gasteiger partial charge in [-0.1, -0.05) is 60.7 Å². The molecule has 1 aliphatic rings. The van der Waals surface area contributed by atoms with E-state index in [9.17, 15) is 19.7 Å². The molecule has 1 heterocycles. The predicted molar refractivity (Wildman–Crippen MR) is 143 cm³/mol. The van der Waals surface area contributed by atoms with Crippen molar-refractivity contribution in [3.63, 3.8) is 0 Å². The van der Waals surface area contributed by atoms with E-state index in [4.69, 9.17) is 9.47 Å². The molecule has 9 heteroatoms. The molecule has 1 N–H and O–H groups in total. The first-order chi connectivity index (χ1) is 18.0. The summed E-state index contributed by atoms with van der Waals surface area (Å²) in [4.78, 5) is 41.3. The minimum absolute atomic E-state index is 0.129. The average Bonchev–Trinajstić information content (AvgIpc) is 2.88. The summed E-state index contributed by atoms with van der Waals surface area (Å²) in [6, 6.07) is 21.6. The van der Waals surface area contributed by atoms with Crippen LogP contribution in [-0.2, 0) is 22.5 Å². The number of methoxy groups -OCH3 is 1. The van der Waals surface area contributed by atoms with Crippen LogP contribution >= 0.6 is 0 Å². The van der Waals surface area contributed by atoms with Crippen molar-refractivity contribution in [2.24, 2.45) is 0 Å². The Morgan fingerprint density at radius 3 is 2.42 bits per heavy atom. The van der Waals surface area contributed by atoms with E-state index in [0.29, 0.717) is 22.6 Å². The third kappa shape index (κ3) is 5.32. The number of carbonyl (C=O) groups is 2. The van der Waals surface area contributed by atoms with Crippen LogP contribution in [-0.4, -0.2) is 35.2 Å². The number of hydrogen-bond donors (Lipinski definition) is 1. The Hall–Kier alpha value is -4.40. The highest BCUT2D eigenvalue weighted by atomic mass is 16.6.